The van der Waals surface area contributed by atoms with E-state index in [1.807, 2.05) is 6.92 Å². The number of aromatic nitrogens is 4. The van der Waals surface area contributed by atoms with E-state index >= 15 is 0 Å². The van der Waals surface area contributed by atoms with Crippen molar-refractivity contribution in [3.63, 3.8) is 0 Å². The van der Waals surface area contributed by atoms with E-state index in [-0.39, 0.29) is 0 Å². The highest BCUT2D eigenvalue weighted by Crippen LogP contribution is 1.93. The molecule has 49 valence electrons. The molecule has 0 aliphatic carbocycles. The van der Waals surface area contributed by atoms with Crippen molar-refractivity contribution in [1.29, 1.82) is 0 Å². The lowest BCUT2D eigenvalue weighted by Crippen LogP contribution is -1.91. The van der Waals surface area contributed by atoms with E-state index in [4.69, 9.17) is 0 Å². The average molecular weight is 133 g/mol. The smallest absolute Gasteiger partial charge is 0.216 e. The third-order valence-electron chi connectivity index (χ3n) is 1.20. The second-order valence-electron chi connectivity index (χ2n) is 2.00. The standard InChI is InChI=1S/C6H5N4/c1-5-2-3-10-6(9-5)7-4-8-10/h2,4H,1H3. The van der Waals surface area contributed by atoms with Gasteiger partial charge in [0.25, 0.3) is 5.78 Å². The highest BCUT2D eigenvalue weighted by atomic mass is 15.3. The maximum Gasteiger partial charge on any atom is 0.252 e. The van der Waals surface area contributed by atoms with E-state index in [0.29, 0.717) is 5.78 Å². The highest BCUT2D eigenvalue weighted by molar-refractivity contribution is 5.24. The number of nitrogens with zero attached hydrogens (tertiary/aromatic N) is 4. The number of rotatable bonds is 0. The van der Waals surface area contributed by atoms with Crippen LogP contribution in [-0.4, -0.2) is 19.6 Å². The van der Waals surface area contributed by atoms with Crippen molar-refractivity contribution in [2.24, 2.45) is 0 Å². The minimum Gasteiger partial charge on any atom is -0.216 e. The van der Waals surface area contributed by atoms with Crippen LogP contribution in [0.2, 0.25) is 0 Å². The van der Waals surface area contributed by atoms with Gasteiger partial charge in [-0.3, -0.25) is 0 Å². The molecule has 0 amide bonds. The molecule has 2 aromatic heterocycles. The summed E-state index contributed by atoms with van der Waals surface area (Å²) in [7, 11) is 0. The monoisotopic (exact) mass is 133 g/mol. The SMILES string of the molecule is Cc1c[c]n2ncnc2n1. The van der Waals surface area contributed by atoms with Crippen molar-refractivity contribution >= 4 is 5.78 Å². The molecule has 0 unspecified atom stereocenters. The number of fused-ring (bicyclic) bond motifs is 1. The molecule has 4 heteroatoms. The second-order valence-corrected chi connectivity index (χ2v) is 2.00. The van der Waals surface area contributed by atoms with Crippen molar-refractivity contribution in [2.75, 3.05) is 0 Å². The maximum absolute atomic E-state index is 4.09. The molecular weight excluding hydrogens is 128 g/mol. The van der Waals surface area contributed by atoms with Crippen LogP contribution in [0.5, 0.6) is 0 Å². The highest BCUT2D eigenvalue weighted by Gasteiger charge is 1.94. The molecule has 0 aliphatic heterocycles. The van der Waals surface area contributed by atoms with Crippen LogP contribution in [-0.2, 0) is 0 Å². The Labute approximate surface area is 57.5 Å². The molecular formula is C6H5N4. The first-order chi connectivity index (χ1) is 4.86. The Balaban J connectivity index is 2.86. The van der Waals surface area contributed by atoms with Gasteiger partial charge in [-0.1, -0.05) is 0 Å². The Morgan fingerprint density at radius 1 is 1.60 bits per heavy atom. The fourth-order valence-electron chi connectivity index (χ4n) is 0.747. The van der Waals surface area contributed by atoms with Crippen molar-refractivity contribution in [3.8, 4) is 0 Å². The summed E-state index contributed by atoms with van der Waals surface area (Å²) >= 11 is 0. The lowest BCUT2D eigenvalue weighted by atomic mass is 10.5. The van der Waals surface area contributed by atoms with Gasteiger partial charge in [0, 0.05) is 5.69 Å². The number of hydrogen-bond donors (Lipinski definition) is 0. The molecule has 0 N–H and O–H groups in total. The molecule has 0 aliphatic rings. The third kappa shape index (κ3) is 0.655. The third-order valence-corrected chi connectivity index (χ3v) is 1.20. The molecule has 0 saturated carbocycles. The summed E-state index contributed by atoms with van der Waals surface area (Å²) < 4.78 is 1.51. The maximum atomic E-state index is 4.09. The summed E-state index contributed by atoms with van der Waals surface area (Å²) in [6, 6.07) is 1.77. The topological polar surface area (TPSA) is 43.1 Å². The van der Waals surface area contributed by atoms with Crippen LogP contribution in [0.25, 0.3) is 5.78 Å². The zero-order valence-electron chi connectivity index (χ0n) is 5.44. The summed E-state index contributed by atoms with van der Waals surface area (Å²) in [5.74, 6) is 0.597. The van der Waals surface area contributed by atoms with E-state index in [1.54, 1.807) is 6.07 Å². The Kier molecular flexibility index (Phi) is 0.943. The van der Waals surface area contributed by atoms with E-state index in [9.17, 15) is 0 Å². The van der Waals surface area contributed by atoms with Gasteiger partial charge in [0.15, 0.2) is 0 Å². The van der Waals surface area contributed by atoms with Crippen molar-refractivity contribution in [3.05, 3.63) is 24.3 Å². The van der Waals surface area contributed by atoms with Crippen molar-refractivity contribution in [2.45, 2.75) is 6.92 Å². The number of aryl methyl sites for hydroxylation is 1. The Bertz CT molecular complexity index is 351. The molecule has 1 radical (unpaired) electrons. The van der Waals surface area contributed by atoms with Crippen LogP contribution >= 0.6 is 0 Å². The Morgan fingerprint density at radius 2 is 2.50 bits per heavy atom. The van der Waals surface area contributed by atoms with E-state index in [0.717, 1.165) is 5.69 Å². The van der Waals surface area contributed by atoms with Gasteiger partial charge in [-0.2, -0.15) is 14.6 Å². The zero-order chi connectivity index (χ0) is 6.97. The molecule has 2 heterocycles. The molecule has 0 saturated heterocycles. The molecule has 0 aromatic carbocycles. The fourth-order valence-corrected chi connectivity index (χ4v) is 0.747. The Morgan fingerprint density at radius 3 is 3.40 bits per heavy atom. The van der Waals surface area contributed by atoms with Gasteiger partial charge in [0.2, 0.25) is 0 Å². The van der Waals surface area contributed by atoms with Crippen LogP contribution in [0, 0.1) is 13.1 Å². The summed E-state index contributed by atoms with van der Waals surface area (Å²) in [4.78, 5) is 7.98. The van der Waals surface area contributed by atoms with Crippen molar-refractivity contribution < 1.29 is 0 Å². The van der Waals surface area contributed by atoms with Crippen LogP contribution in [0.1, 0.15) is 5.69 Å². The molecule has 0 bridgehead atoms. The van der Waals surface area contributed by atoms with E-state index in [1.165, 1.54) is 10.8 Å². The minimum atomic E-state index is 0.597. The zero-order valence-corrected chi connectivity index (χ0v) is 5.44. The van der Waals surface area contributed by atoms with Gasteiger partial charge in [-0.15, -0.1) is 0 Å². The molecule has 0 fully saturated rings. The van der Waals surface area contributed by atoms with Gasteiger partial charge < -0.3 is 0 Å². The molecule has 4 nitrogen and oxygen atoms in total. The van der Waals surface area contributed by atoms with Gasteiger partial charge in [0.05, 0.1) is 6.20 Å². The molecule has 10 heavy (non-hydrogen) atoms. The summed E-state index contributed by atoms with van der Waals surface area (Å²) in [6.07, 6.45) is 4.34. The molecule has 2 rings (SSSR count). The predicted octanol–water partition coefficient (Wildman–Crippen LogP) is 0.233. The van der Waals surface area contributed by atoms with Crippen LogP contribution in [0.3, 0.4) is 0 Å². The lowest BCUT2D eigenvalue weighted by molar-refractivity contribution is 0.920. The Hall–Kier alpha value is -1.45. The van der Waals surface area contributed by atoms with E-state index < -0.39 is 0 Å². The van der Waals surface area contributed by atoms with Crippen molar-refractivity contribution in [1.82, 2.24) is 19.6 Å². The lowest BCUT2D eigenvalue weighted by Gasteiger charge is -1.89. The summed E-state index contributed by atoms with van der Waals surface area (Å²) in [5.41, 5.74) is 0.903. The number of hydrogen-bond acceptors (Lipinski definition) is 3. The first kappa shape index (κ1) is 5.34. The van der Waals surface area contributed by atoms with Gasteiger partial charge >= 0.3 is 0 Å². The normalized spacial score (nSPS) is 10.5. The quantitative estimate of drug-likeness (QED) is 0.516. The first-order valence-corrected chi connectivity index (χ1v) is 2.91. The molecule has 0 atom stereocenters. The van der Waals surface area contributed by atoms with Crippen LogP contribution < -0.4 is 0 Å². The second kappa shape index (κ2) is 1.76. The van der Waals surface area contributed by atoms with E-state index in [2.05, 4.69) is 21.3 Å². The minimum absolute atomic E-state index is 0.597. The van der Waals surface area contributed by atoms with Gasteiger partial charge in [0.1, 0.15) is 6.33 Å². The summed E-state index contributed by atoms with van der Waals surface area (Å²) in [5, 5.41) is 3.85. The van der Waals surface area contributed by atoms with Gasteiger partial charge in [-0.05, 0) is 13.0 Å². The molecule has 2 aromatic rings. The molecule has 0 spiro atoms. The van der Waals surface area contributed by atoms with Gasteiger partial charge in [-0.25, -0.2) is 4.98 Å². The fraction of sp³-hybridized carbons (Fsp3) is 0.167. The summed E-state index contributed by atoms with van der Waals surface area (Å²) in [6.45, 7) is 1.89. The first-order valence-electron chi connectivity index (χ1n) is 2.91. The van der Waals surface area contributed by atoms with Crippen LogP contribution in [0.15, 0.2) is 12.4 Å². The largest absolute Gasteiger partial charge is 0.252 e. The average Bonchev–Trinajstić information content (AvgIpc) is 2.33. The van der Waals surface area contributed by atoms with Crippen LogP contribution in [0.4, 0.5) is 0 Å². The predicted molar refractivity (Wildman–Crippen MR) is 34.4 cm³/mol.